The van der Waals surface area contributed by atoms with E-state index in [1.54, 1.807) is 6.33 Å². The molecule has 0 aliphatic carbocycles. The summed E-state index contributed by atoms with van der Waals surface area (Å²) in [5.74, 6) is 0.569. The first-order valence-corrected chi connectivity index (χ1v) is 9.99. The summed E-state index contributed by atoms with van der Waals surface area (Å²) in [6, 6.07) is 0.378. The standard InChI is InChI=1S/C20H32FN5/c1-4-14(2)26-15(3)17(18-19(26)20(22)24-13-23-18)8-6-5-7-10-25-11-9-16(21)12-25/h13-14,16H,4-12H2,1-3H3,(H2,22,23,24). The monoisotopic (exact) mass is 361 g/mol. The molecule has 0 saturated carbocycles. The lowest BCUT2D eigenvalue weighted by molar-refractivity contribution is 0.283. The van der Waals surface area contributed by atoms with Gasteiger partial charge in [-0.3, -0.25) is 0 Å². The topological polar surface area (TPSA) is 60.0 Å². The van der Waals surface area contributed by atoms with Crippen molar-refractivity contribution in [3.63, 3.8) is 0 Å². The lowest BCUT2D eigenvalue weighted by Gasteiger charge is -2.16. The van der Waals surface area contributed by atoms with Crippen molar-refractivity contribution < 1.29 is 4.39 Å². The number of rotatable bonds is 8. The Labute approximate surface area is 155 Å². The number of hydrogen-bond acceptors (Lipinski definition) is 4. The van der Waals surface area contributed by atoms with E-state index in [4.69, 9.17) is 5.73 Å². The highest BCUT2D eigenvalue weighted by molar-refractivity contribution is 5.89. The summed E-state index contributed by atoms with van der Waals surface area (Å²) in [5.41, 5.74) is 10.7. The molecule has 5 nitrogen and oxygen atoms in total. The minimum atomic E-state index is -0.616. The average molecular weight is 362 g/mol. The van der Waals surface area contributed by atoms with Gasteiger partial charge < -0.3 is 15.2 Å². The van der Waals surface area contributed by atoms with Crippen molar-refractivity contribution in [2.24, 2.45) is 0 Å². The maximum atomic E-state index is 13.2. The smallest absolute Gasteiger partial charge is 0.151 e. The molecule has 0 aromatic carbocycles. The van der Waals surface area contributed by atoms with Gasteiger partial charge in [-0.15, -0.1) is 0 Å². The molecular formula is C20H32FN5. The third kappa shape index (κ3) is 3.85. The van der Waals surface area contributed by atoms with Gasteiger partial charge in [-0.05, 0) is 58.1 Å². The molecular weight excluding hydrogens is 329 g/mol. The van der Waals surface area contributed by atoms with Crippen LogP contribution in [0.15, 0.2) is 6.33 Å². The number of likely N-dealkylation sites (tertiary alicyclic amines) is 1. The maximum absolute atomic E-state index is 13.2. The summed E-state index contributed by atoms with van der Waals surface area (Å²) in [6.45, 7) is 9.14. The zero-order chi connectivity index (χ0) is 18.7. The summed E-state index contributed by atoms with van der Waals surface area (Å²) in [7, 11) is 0. The van der Waals surface area contributed by atoms with Crippen molar-refractivity contribution in [1.82, 2.24) is 19.4 Å². The number of anilines is 1. The van der Waals surface area contributed by atoms with Crippen molar-refractivity contribution >= 4 is 16.9 Å². The number of aryl methyl sites for hydroxylation is 1. The third-order valence-corrected chi connectivity index (χ3v) is 5.82. The molecule has 2 unspecified atom stereocenters. The van der Waals surface area contributed by atoms with Crippen LogP contribution in [0.4, 0.5) is 10.2 Å². The Bertz CT molecular complexity index is 741. The van der Waals surface area contributed by atoms with Gasteiger partial charge in [0.1, 0.15) is 18.0 Å². The van der Waals surface area contributed by atoms with E-state index in [2.05, 4.69) is 40.2 Å². The van der Waals surface area contributed by atoms with Crippen LogP contribution in [-0.2, 0) is 6.42 Å². The highest BCUT2D eigenvalue weighted by atomic mass is 19.1. The number of unbranched alkanes of at least 4 members (excludes halogenated alkanes) is 2. The molecule has 26 heavy (non-hydrogen) atoms. The Morgan fingerprint density at radius 1 is 1.31 bits per heavy atom. The first-order valence-electron chi connectivity index (χ1n) is 9.99. The fourth-order valence-electron chi connectivity index (χ4n) is 4.17. The zero-order valence-corrected chi connectivity index (χ0v) is 16.3. The minimum absolute atomic E-state index is 0.378. The zero-order valence-electron chi connectivity index (χ0n) is 16.3. The van der Waals surface area contributed by atoms with E-state index in [0.717, 1.165) is 56.2 Å². The fourth-order valence-corrected chi connectivity index (χ4v) is 4.17. The SMILES string of the molecule is CCC(C)n1c(C)c(CCCCCN2CCC(F)C2)c2ncnc(N)c21. The van der Waals surface area contributed by atoms with Gasteiger partial charge in [-0.25, -0.2) is 14.4 Å². The average Bonchev–Trinajstić information content (AvgIpc) is 3.16. The summed E-state index contributed by atoms with van der Waals surface area (Å²) < 4.78 is 15.5. The van der Waals surface area contributed by atoms with Gasteiger partial charge >= 0.3 is 0 Å². The van der Waals surface area contributed by atoms with Crippen LogP contribution >= 0.6 is 0 Å². The van der Waals surface area contributed by atoms with Gasteiger partial charge in [0, 0.05) is 24.8 Å². The van der Waals surface area contributed by atoms with Crippen molar-refractivity contribution in [3.8, 4) is 0 Å². The molecule has 2 atom stereocenters. The lowest BCUT2D eigenvalue weighted by Crippen LogP contribution is -2.22. The van der Waals surface area contributed by atoms with Crippen LogP contribution < -0.4 is 5.73 Å². The molecule has 1 fully saturated rings. The van der Waals surface area contributed by atoms with Crippen LogP contribution in [-0.4, -0.2) is 45.2 Å². The van der Waals surface area contributed by atoms with Crippen molar-refractivity contribution in [1.29, 1.82) is 0 Å². The van der Waals surface area contributed by atoms with Gasteiger partial charge in [-0.2, -0.15) is 0 Å². The molecule has 1 saturated heterocycles. The molecule has 0 amide bonds. The summed E-state index contributed by atoms with van der Waals surface area (Å²) in [4.78, 5) is 11.0. The van der Waals surface area contributed by atoms with Gasteiger partial charge in [0.05, 0.1) is 5.52 Å². The quantitative estimate of drug-likeness (QED) is 0.721. The van der Waals surface area contributed by atoms with Crippen LogP contribution in [0, 0.1) is 6.92 Å². The van der Waals surface area contributed by atoms with E-state index in [-0.39, 0.29) is 0 Å². The van der Waals surface area contributed by atoms with Gasteiger partial charge in [0.15, 0.2) is 5.82 Å². The van der Waals surface area contributed by atoms with E-state index in [0.29, 0.717) is 24.8 Å². The Kier molecular flexibility index (Phi) is 6.12. The van der Waals surface area contributed by atoms with E-state index < -0.39 is 6.17 Å². The van der Waals surface area contributed by atoms with Crippen molar-refractivity contribution in [3.05, 3.63) is 17.6 Å². The molecule has 0 bridgehead atoms. The second kappa shape index (κ2) is 8.33. The number of nitrogens with zero attached hydrogens (tertiary/aromatic N) is 4. The number of aromatic nitrogens is 3. The number of nitrogens with two attached hydrogens (primary N) is 1. The van der Waals surface area contributed by atoms with E-state index in [1.807, 2.05) is 0 Å². The second-order valence-corrected chi connectivity index (χ2v) is 7.64. The molecule has 144 valence electrons. The number of halogens is 1. The Morgan fingerprint density at radius 3 is 2.81 bits per heavy atom. The van der Waals surface area contributed by atoms with Gasteiger partial charge in [-0.1, -0.05) is 13.3 Å². The van der Waals surface area contributed by atoms with E-state index >= 15 is 0 Å². The van der Waals surface area contributed by atoms with E-state index in [9.17, 15) is 4.39 Å². The lowest BCUT2D eigenvalue weighted by atomic mass is 10.1. The normalized spacial score (nSPS) is 19.5. The third-order valence-electron chi connectivity index (χ3n) is 5.82. The number of hydrogen-bond donors (Lipinski definition) is 1. The van der Waals surface area contributed by atoms with Gasteiger partial charge in [0.2, 0.25) is 0 Å². The van der Waals surface area contributed by atoms with Crippen molar-refractivity contribution in [2.45, 2.75) is 71.5 Å². The Morgan fingerprint density at radius 2 is 2.12 bits per heavy atom. The molecule has 1 aliphatic heterocycles. The second-order valence-electron chi connectivity index (χ2n) is 7.64. The van der Waals surface area contributed by atoms with Crippen LogP contribution in [0.25, 0.3) is 11.0 Å². The highest BCUT2D eigenvalue weighted by Gasteiger charge is 2.22. The maximum Gasteiger partial charge on any atom is 0.151 e. The van der Waals surface area contributed by atoms with Gasteiger partial charge in [0.25, 0.3) is 0 Å². The Hall–Kier alpha value is -1.69. The number of alkyl halides is 1. The number of nitrogen functional groups attached to an aromatic ring is 1. The molecule has 2 aromatic rings. The summed E-state index contributed by atoms with van der Waals surface area (Å²) >= 11 is 0. The highest BCUT2D eigenvalue weighted by Crippen LogP contribution is 2.32. The molecule has 0 spiro atoms. The first-order chi connectivity index (χ1) is 12.5. The molecule has 0 radical (unpaired) electrons. The first kappa shape index (κ1) is 19.1. The molecule has 2 N–H and O–H groups in total. The minimum Gasteiger partial charge on any atom is -0.382 e. The van der Waals surface area contributed by atoms with Crippen LogP contribution in [0.1, 0.15) is 63.3 Å². The molecule has 6 heteroatoms. The molecule has 2 aromatic heterocycles. The summed E-state index contributed by atoms with van der Waals surface area (Å²) in [5, 5.41) is 0. The predicted molar refractivity (Wildman–Crippen MR) is 105 cm³/mol. The predicted octanol–water partition coefficient (Wildman–Crippen LogP) is 4.05. The Balaban J connectivity index is 1.66. The van der Waals surface area contributed by atoms with Crippen LogP contribution in [0.5, 0.6) is 0 Å². The molecule has 3 heterocycles. The molecule has 3 rings (SSSR count). The molecule has 1 aliphatic rings. The summed E-state index contributed by atoms with van der Waals surface area (Å²) in [6.07, 6.45) is 7.12. The van der Waals surface area contributed by atoms with Crippen LogP contribution in [0.2, 0.25) is 0 Å². The fraction of sp³-hybridized carbons (Fsp3) is 0.700. The largest absolute Gasteiger partial charge is 0.382 e. The van der Waals surface area contributed by atoms with Crippen molar-refractivity contribution in [2.75, 3.05) is 25.4 Å². The van der Waals surface area contributed by atoms with E-state index in [1.165, 1.54) is 11.3 Å². The number of fused-ring (bicyclic) bond motifs is 1. The van der Waals surface area contributed by atoms with Crippen LogP contribution in [0.3, 0.4) is 0 Å².